The lowest BCUT2D eigenvalue weighted by Crippen LogP contribution is -2.44. The molecule has 1 atom stereocenters. The predicted octanol–water partition coefficient (Wildman–Crippen LogP) is 1.68. The third-order valence-electron chi connectivity index (χ3n) is 3.25. The van der Waals surface area contributed by atoms with Crippen LogP contribution in [0.2, 0.25) is 0 Å². The van der Waals surface area contributed by atoms with Gasteiger partial charge in [-0.25, -0.2) is 0 Å². The van der Waals surface area contributed by atoms with Crippen LogP contribution in [-0.2, 0) is 5.54 Å². The van der Waals surface area contributed by atoms with Crippen LogP contribution >= 0.6 is 0 Å². The average molecular weight is 229 g/mol. The zero-order valence-electron chi connectivity index (χ0n) is 10.5. The Balaban J connectivity index is 2.65. The normalized spacial score (nSPS) is 23.2. The van der Waals surface area contributed by atoms with Crippen LogP contribution < -0.4 is 16.8 Å². The molecule has 0 aromatic heterocycles. The first-order valence-electron chi connectivity index (χ1n) is 5.72. The Morgan fingerprint density at radius 1 is 1.12 bits per heavy atom. The molecule has 3 nitrogen and oxygen atoms in total. The number of dihydropyridines is 1. The maximum atomic E-state index is 6.46. The molecule has 0 aliphatic carbocycles. The third-order valence-corrected chi connectivity index (χ3v) is 3.25. The van der Waals surface area contributed by atoms with Crippen molar-refractivity contribution >= 4 is 0 Å². The van der Waals surface area contributed by atoms with Crippen molar-refractivity contribution in [2.24, 2.45) is 11.5 Å². The van der Waals surface area contributed by atoms with E-state index in [1.54, 1.807) is 6.20 Å². The van der Waals surface area contributed by atoms with E-state index in [9.17, 15) is 0 Å². The largest absolute Gasteiger partial charge is 0.399 e. The number of aryl methyl sites for hydroxylation is 3. The molecule has 0 saturated heterocycles. The second kappa shape index (κ2) is 3.93. The fourth-order valence-corrected chi connectivity index (χ4v) is 2.59. The molecule has 0 radical (unpaired) electrons. The molecule has 1 aliphatic rings. The highest BCUT2D eigenvalue weighted by atomic mass is 14.9. The van der Waals surface area contributed by atoms with Gasteiger partial charge >= 0.3 is 0 Å². The standard InChI is InChI=1S/C14H19N3/c1-9-6-10(2)13(11(3)7-9)14(16)4-5-17-8-12(14)15/h4-8,17H,15-16H2,1-3H3. The van der Waals surface area contributed by atoms with Crippen molar-refractivity contribution in [3.63, 3.8) is 0 Å². The average Bonchev–Trinajstić information content (AvgIpc) is 2.21. The van der Waals surface area contributed by atoms with E-state index in [2.05, 4.69) is 38.2 Å². The fourth-order valence-electron chi connectivity index (χ4n) is 2.59. The summed E-state index contributed by atoms with van der Waals surface area (Å²) in [6.45, 7) is 6.24. The number of rotatable bonds is 1. The van der Waals surface area contributed by atoms with Crippen molar-refractivity contribution in [2.45, 2.75) is 26.3 Å². The smallest absolute Gasteiger partial charge is 0.103 e. The van der Waals surface area contributed by atoms with Crippen molar-refractivity contribution in [2.75, 3.05) is 0 Å². The summed E-state index contributed by atoms with van der Waals surface area (Å²) < 4.78 is 0. The van der Waals surface area contributed by atoms with Gasteiger partial charge in [0.05, 0.1) is 5.70 Å². The summed E-state index contributed by atoms with van der Waals surface area (Å²) in [5, 5.41) is 2.96. The quantitative estimate of drug-likeness (QED) is 0.686. The van der Waals surface area contributed by atoms with Gasteiger partial charge in [-0.2, -0.15) is 0 Å². The maximum Gasteiger partial charge on any atom is 0.103 e. The van der Waals surface area contributed by atoms with Gasteiger partial charge in [0.1, 0.15) is 5.54 Å². The van der Waals surface area contributed by atoms with E-state index in [0.717, 1.165) is 5.56 Å². The summed E-state index contributed by atoms with van der Waals surface area (Å²) in [7, 11) is 0. The first-order chi connectivity index (χ1) is 7.95. The van der Waals surface area contributed by atoms with E-state index >= 15 is 0 Å². The molecule has 2 rings (SSSR count). The molecule has 5 N–H and O–H groups in total. The lowest BCUT2D eigenvalue weighted by Gasteiger charge is -2.32. The zero-order chi connectivity index (χ0) is 12.6. The molecular formula is C14H19N3. The van der Waals surface area contributed by atoms with Gasteiger partial charge in [0.25, 0.3) is 0 Å². The number of hydrogen-bond donors (Lipinski definition) is 3. The van der Waals surface area contributed by atoms with Gasteiger partial charge in [0.15, 0.2) is 0 Å². The molecule has 90 valence electrons. The first kappa shape index (κ1) is 11.7. The zero-order valence-corrected chi connectivity index (χ0v) is 10.5. The molecule has 0 saturated carbocycles. The third kappa shape index (κ3) is 1.83. The summed E-state index contributed by atoms with van der Waals surface area (Å²) >= 11 is 0. The van der Waals surface area contributed by atoms with E-state index < -0.39 is 5.54 Å². The van der Waals surface area contributed by atoms with Gasteiger partial charge in [-0.05, 0) is 49.7 Å². The summed E-state index contributed by atoms with van der Waals surface area (Å²) in [6.07, 6.45) is 5.49. The van der Waals surface area contributed by atoms with Crippen LogP contribution in [0.1, 0.15) is 22.3 Å². The highest BCUT2D eigenvalue weighted by Crippen LogP contribution is 2.32. The summed E-state index contributed by atoms with van der Waals surface area (Å²) in [6, 6.07) is 4.28. The van der Waals surface area contributed by atoms with Crippen LogP contribution in [0.5, 0.6) is 0 Å². The van der Waals surface area contributed by atoms with Gasteiger partial charge in [0.2, 0.25) is 0 Å². The Morgan fingerprint density at radius 2 is 1.71 bits per heavy atom. The Labute approximate surface area is 102 Å². The van der Waals surface area contributed by atoms with Crippen LogP contribution in [0.25, 0.3) is 0 Å². The number of benzene rings is 1. The molecule has 3 heteroatoms. The minimum absolute atomic E-state index is 0.634. The summed E-state index contributed by atoms with van der Waals surface area (Å²) in [4.78, 5) is 0. The van der Waals surface area contributed by atoms with Crippen LogP contribution in [0.4, 0.5) is 0 Å². The van der Waals surface area contributed by atoms with Crippen molar-refractivity contribution in [3.8, 4) is 0 Å². The summed E-state index contributed by atoms with van der Waals surface area (Å²) in [5.41, 5.74) is 17.1. The molecule has 0 bridgehead atoms. The van der Waals surface area contributed by atoms with Crippen molar-refractivity contribution < 1.29 is 0 Å². The van der Waals surface area contributed by atoms with Gasteiger partial charge < -0.3 is 16.8 Å². The van der Waals surface area contributed by atoms with E-state index in [-0.39, 0.29) is 0 Å². The molecule has 0 fully saturated rings. The molecule has 1 aliphatic heterocycles. The second-order valence-electron chi connectivity index (χ2n) is 4.74. The van der Waals surface area contributed by atoms with Crippen molar-refractivity contribution in [3.05, 3.63) is 58.6 Å². The first-order valence-corrected chi connectivity index (χ1v) is 5.72. The SMILES string of the molecule is Cc1cc(C)c(C2(N)C=CNC=C2N)c(C)c1. The molecule has 1 aromatic rings. The Morgan fingerprint density at radius 3 is 2.24 bits per heavy atom. The monoisotopic (exact) mass is 229 g/mol. The molecule has 0 spiro atoms. The fraction of sp³-hybridized carbons (Fsp3) is 0.286. The minimum atomic E-state index is -0.701. The van der Waals surface area contributed by atoms with Crippen LogP contribution in [0, 0.1) is 20.8 Å². The molecule has 1 aromatic carbocycles. The lowest BCUT2D eigenvalue weighted by molar-refractivity contribution is 0.624. The van der Waals surface area contributed by atoms with Crippen molar-refractivity contribution in [1.82, 2.24) is 5.32 Å². The maximum absolute atomic E-state index is 6.46. The predicted molar refractivity (Wildman–Crippen MR) is 71.1 cm³/mol. The van der Waals surface area contributed by atoms with E-state index in [1.807, 2.05) is 12.3 Å². The Bertz CT molecular complexity index is 491. The van der Waals surface area contributed by atoms with Crippen LogP contribution in [0.3, 0.4) is 0 Å². The van der Waals surface area contributed by atoms with E-state index in [1.165, 1.54) is 16.7 Å². The van der Waals surface area contributed by atoms with Gasteiger partial charge in [-0.15, -0.1) is 0 Å². The molecule has 1 heterocycles. The Hall–Kier alpha value is -1.74. The van der Waals surface area contributed by atoms with Gasteiger partial charge in [-0.1, -0.05) is 17.7 Å². The highest BCUT2D eigenvalue weighted by Gasteiger charge is 2.32. The molecule has 17 heavy (non-hydrogen) atoms. The minimum Gasteiger partial charge on any atom is -0.399 e. The lowest BCUT2D eigenvalue weighted by atomic mass is 9.81. The van der Waals surface area contributed by atoms with E-state index in [0.29, 0.717) is 5.70 Å². The number of nitrogens with two attached hydrogens (primary N) is 2. The number of nitrogens with one attached hydrogen (secondary N) is 1. The molecular weight excluding hydrogens is 210 g/mol. The van der Waals surface area contributed by atoms with Gasteiger partial charge in [-0.3, -0.25) is 0 Å². The van der Waals surface area contributed by atoms with Crippen LogP contribution in [-0.4, -0.2) is 0 Å². The Kier molecular flexibility index (Phi) is 2.71. The van der Waals surface area contributed by atoms with E-state index in [4.69, 9.17) is 11.5 Å². The van der Waals surface area contributed by atoms with Gasteiger partial charge in [0, 0.05) is 6.20 Å². The summed E-state index contributed by atoms with van der Waals surface area (Å²) in [5.74, 6) is 0. The second-order valence-corrected chi connectivity index (χ2v) is 4.74. The molecule has 0 amide bonds. The van der Waals surface area contributed by atoms with Crippen molar-refractivity contribution in [1.29, 1.82) is 0 Å². The topological polar surface area (TPSA) is 64.1 Å². The van der Waals surface area contributed by atoms with Crippen LogP contribution in [0.15, 0.2) is 36.3 Å². The molecule has 1 unspecified atom stereocenters. The number of hydrogen-bond acceptors (Lipinski definition) is 3. The highest BCUT2D eigenvalue weighted by molar-refractivity contribution is 5.50.